The average Bonchev–Trinajstić information content (AvgIpc) is 2.88. The highest BCUT2D eigenvalue weighted by molar-refractivity contribution is 7.10. The molecule has 1 aromatic rings. The smallest absolute Gasteiger partial charge is 0.0736 e. The Kier molecular flexibility index (Phi) is 5.13. The third kappa shape index (κ3) is 2.88. The summed E-state index contributed by atoms with van der Waals surface area (Å²) >= 11 is 1.78. The van der Waals surface area contributed by atoms with Crippen molar-refractivity contribution in [3.8, 4) is 0 Å². The minimum absolute atomic E-state index is 0.0971. The van der Waals surface area contributed by atoms with Gasteiger partial charge < -0.3 is 10.5 Å². The Hall–Kier alpha value is -0.420. The molecule has 0 radical (unpaired) electrons. The number of nitrogens with two attached hydrogens (primary N) is 1. The van der Waals surface area contributed by atoms with E-state index in [9.17, 15) is 0 Å². The minimum Gasteiger partial charge on any atom is -0.380 e. The van der Waals surface area contributed by atoms with Crippen LogP contribution in [0.2, 0.25) is 0 Å². The van der Waals surface area contributed by atoms with Crippen molar-refractivity contribution >= 4 is 11.3 Å². The van der Waals surface area contributed by atoms with Gasteiger partial charge >= 0.3 is 0 Å². The number of methoxy groups -OCH3 is 1. The fourth-order valence-electron chi connectivity index (χ4n) is 2.01. The van der Waals surface area contributed by atoms with Crippen LogP contribution >= 0.6 is 11.3 Å². The highest BCUT2D eigenvalue weighted by Gasteiger charge is 2.37. The van der Waals surface area contributed by atoms with E-state index >= 15 is 0 Å². The largest absolute Gasteiger partial charge is 0.380 e. The summed E-state index contributed by atoms with van der Waals surface area (Å²) in [6.07, 6.45) is 0.0971. The number of hydrogen-bond acceptors (Lipinski definition) is 4. The maximum atomic E-state index is 5.96. The van der Waals surface area contributed by atoms with Crippen LogP contribution in [0.5, 0.6) is 0 Å². The van der Waals surface area contributed by atoms with Gasteiger partial charge in [0.2, 0.25) is 0 Å². The molecule has 1 aromatic heterocycles. The molecule has 3 unspecified atom stereocenters. The lowest BCUT2D eigenvalue weighted by molar-refractivity contribution is -0.0348. The van der Waals surface area contributed by atoms with Crippen molar-refractivity contribution in [3.05, 3.63) is 22.4 Å². The summed E-state index contributed by atoms with van der Waals surface area (Å²) in [6, 6.07) is 4.60. The lowest BCUT2D eigenvalue weighted by atomic mass is 9.92. The Balaban J connectivity index is 2.89. The van der Waals surface area contributed by atoms with Crippen LogP contribution < -0.4 is 5.73 Å². The van der Waals surface area contributed by atoms with Gasteiger partial charge in [-0.25, -0.2) is 0 Å². The average molecular weight is 256 g/mol. The first-order chi connectivity index (χ1) is 7.97. The monoisotopic (exact) mass is 256 g/mol. The summed E-state index contributed by atoms with van der Waals surface area (Å²) < 4.78 is 5.48. The molecule has 0 aromatic carbocycles. The quantitative estimate of drug-likeness (QED) is 0.850. The van der Waals surface area contributed by atoms with Gasteiger partial charge in [0.05, 0.1) is 11.6 Å². The fourth-order valence-corrected chi connectivity index (χ4v) is 2.84. The molecule has 4 heteroatoms. The predicted octanol–water partition coefficient (Wildman–Crippen LogP) is 2.49. The first-order valence-corrected chi connectivity index (χ1v) is 6.84. The van der Waals surface area contributed by atoms with E-state index in [-0.39, 0.29) is 11.6 Å². The zero-order chi connectivity index (χ0) is 13.1. The van der Waals surface area contributed by atoms with Gasteiger partial charge in [0.25, 0.3) is 0 Å². The predicted molar refractivity (Wildman–Crippen MR) is 74.4 cm³/mol. The van der Waals surface area contributed by atoms with Gasteiger partial charge in [-0.1, -0.05) is 6.07 Å². The second-order valence-corrected chi connectivity index (χ2v) is 5.72. The van der Waals surface area contributed by atoms with Gasteiger partial charge in [-0.05, 0) is 39.3 Å². The minimum atomic E-state index is -0.155. The summed E-state index contributed by atoms with van der Waals surface area (Å²) in [5, 5.41) is 2.11. The number of ether oxygens (including phenoxy) is 1. The van der Waals surface area contributed by atoms with Crippen molar-refractivity contribution in [1.29, 1.82) is 0 Å². The van der Waals surface area contributed by atoms with E-state index in [1.807, 2.05) is 0 Å². The SMILES string of the molecule is COC(C)C(C)(CN)N(C)C(C)c1cccs1. The molecule has 98 valence electrons. The summed E-state index contributed by atoms with van der Waals surface area (Å²) in [6.45, 7) is 7.02. The van der Waals surface area contributed by atoms with E-state index in [1.54, 1.807) is 18.4 Å². The molecule has 1 rings (SSSR count). The molecule has 3 nitrogen and oxygen atoms in total. The van der Waals surface area contributed by atoms with E-state index < -0.39 is 0 Å². The summed E-state index contributed by atoms with van der Waals surface area (Å²) in [5.74, 6) is 0. The van der Waals surface area contributed by atoms with Crippen LogP contribution in [0.4, 0.5) is 0 Å². The summed E-state index contributed by atoms with van der Waals surface area (Å²) in [5.41, 5.74) is 5.80. The van der Waals surface area contributed by atoms with Crippen molar-refractivity contribution in [1.82, 2.24) is 4.90 Å². The van der Waals surface area contributed by atoms with Gasteiger partial charge in [0.15, 0.2) is 0 Å². The molecule has 17 heavy (non-hydrogen) atoms. The van der Waals surface area contributed by atoms with Gasteiger partial charge in [0, 0.05) is 24.6 Å². The topological polar surface area (TPSA) is 38.5 Å². The molecule has 0 spiro atoms. The van der Waals surface area contributed by atoms with Crippen LogP contribution in [0.3, 0.4) is 0 Å². The van der Waals surface area contributed by atoms with E-state index in [0.717, 1.165) is 0 Å². The number of likely N-dealkylation sites (N-methyl/N-ethyl adjacent to an activating group) is 1. The van der Waals surface area contributed by atoms with E-state index in [2.05, 4.69) is 50.2 Å². The molecular weight excluding hydrogens is 232 g/mol. The molecule has 0 saturated carbocycles. The van der Waals surface area contributed by atoms with Crippen LogP contribution in [-0.2, 0) is 4.74 Å². The van der Waals surface area contributed by atoms with Crippen LogP contribution in [0.15, 0.2) is 17.5 Å². The molecule has 0 fully saturated rings. The third-order valence-corrected chi connectivity index (χ3v) is 5.03. The van der Waals surface area contributed by atoms with Crippen LogP contribution in [0, 0.1) is 0 Å². The van der Waals surface area contributed by atoms with E-state index in [4.69, 9.17) is 10.5 Å². The molecule has 0 aliphatic carbocycles. The van der Waals surface area contributed by atoms with Gasteiger partial charge in [-0.3, -0.25) is 4.90 Å². The summed E-state index contributed by atoms with van der Waals surface area (Å²) in [4.78, 5) is 3.67. The van der Waals surface area contributed by atoms with Gasteiger partial charge in [0.1, 0.15) is 0 Å². The maximum Gasteiger partial charge on any atom is 0.0736 e. The number of thiophene rings is 1. The second kappa shape index (κ2) is 5.96. The molecular formula is C13H24N2OS. The highest BCUT2D eigenvalue weighted by Crippen LogP contribution is 2.31. The summed E-state index contributed by atoms with van der Waals surface area (Å²) in [7, 11) is 3.86. The molecule has 3 atom stereocenters. The zero-order valence-corrected chi connectivity index (χ0v) is 12.3. The Bertz CT molecular complexity index is 328. The van der Waals surface area contributed by atoms with Crippen LogP contribution in [-0.4, -0.2) is 37.2 Å². The first-order valence-electron chi connectivity index (χ1n) is 5.96. The van der Waals surface area contributed by atoms with Gasteiger partial charge in [-0.15, -0.1) is 11.3 Å². The molecule has 0 bridgehead atoms. The maximum absolute atomic E-state index is 5.96. The Labute approximate surface area is 109 Å². The molecule has 0 aliphatic rings. The lowest BCUT2D eigenvalue weighted by Crippen LogP contribution is -2.57. The molecule has 2 N–H and O–H groups in total. The van der Waals surface area contributed by atoms with Crippen molar-refractivity contribution < 1.29 is 4.74 Å². The van der Waals surface area contributed by atoms with Crippen LogP contribution in [0.25, 0.3) is 0 Å². The number of hydrogen-bond donors (Lipinski definition) is 1. The Morgan fingerprint density at radius 3 is 2.59 bits per heavy atom. The lowest BCUT2D eigenvalue weighted by Gasteiger charge is -2.44. The molecule has 1 heterocycles. The number of rotatable bonds is 6. The van der Waals surface area contributed by atoms with E-state index in [1.165, 1.54) is 4.88 Å². The number of nitrogens with zero attached hydrogens (tertiary/aromatic N) is 1. The standard InChI is InChI=1S/C13H24N2OS/c1-10(12-7-6-8-17-12)15(4)13(3,9-14)11(2)16-5/h6-8,10-11H,9,14H2,1-5H3. The Morgan fingerprint density at radius 1 is 1.53 bits per heavy atom. The first kappa shape index (κ1) is 14.6. The van der Waals surface area contributed by atoms with Crippen molar-refractivity contribution in [2.45, 2.75) is 38.5 Å². The normalized spacial score (nSPS) is 19.0. The van der Waals surface area contributed by atoms with Crippen LogP contribution in [0.1, 0.15) is 31.7 Å². The van der Waals surface area contributed by atoms with E-state index in [0.29, 0.717) is 12.6 Å². The second-order valence-electron chi connectivity index (χ2n) is 4.74. The molecule has 0 saturated heterocycles. The highest BCUT2D eigenvalue weighted by atomic mass is 32.1. The fraction of sp³-hybridized carbons (Fsp3) is 0.692. The van der Waals surface area contributed by atoms with Crippen molar-refractivity contribution in [3.63, 3.8) is 0 Å². The Morgan fingerprint density at radius 2 is 2.18 bits per heavy atom. The molecule has 0 aliphatic heterocycles. The zero-order valence-electron chi connectivity index (χ0n) is 11.4. The van der Waals surface area contributed by atoms with Crippen molar-refractivity contribution in [2.24, 2.45) is 5.73 Å². The van der Waals surface area contributed by atoms with Gasteiger partial charge in [-0.2, -0.15) is 0 Å². The third-order valence-electron chi connectivity index (χ3n) is 3.98. The molecule has 0 amide bonds. The van der Waals surface area contributed by atoms with Crippen molar-refractivity contribution in [2.75, 3.05) is 20.7 Å².